The number of anilines is 1. The fraction of sp³-hybridized carbons (Fsp3) is 0. The molecular formula is C14H9F2N3O. The molecule has 0 unspecified atom stereocenters. The van der Waals surface area contributed by atoms with Crippen molar-refractivity contribution in [3.63, 3.8) is 0 Å². The molecule has 0 atom stereocenters. The zero-order chi connectivity index (χ0) is 14.1. The van der Waals surface area contributed by atoms with Crippen LogP contribution in [0.3, 0.4) is 0 Å². The number of hydrogen-bond acceptors (Lipinski definition) is 4. The summed E-state index contributed by atoms with van der Waals surface area (Å²) in [5, 5.41) is 0.823. The molecule has 2 aromatic carbocycles. The molecule has 3 aromatic rings. The predicted molar refractivity (Wildman–Crippen MR) is 70.4 cm³/mol. The third kappa shape index (κ3) is 2.23. The number of fused-ring (bicyclic) bond motifs is 1. The fourth-order valence-electron chi connectivity index (χ4n) is 1.72. The molecule has 0 aliphatic rings. The molecule has 0 saturated carbocycles. The first kappa shape index (κ1) is 12.3. The summed E-state index contributed by atoms with van der Waals surface area (Å²) in [6.07, 6.45) is 1.54. The van der Waals surface area contributed by atoms with E-state index in [1.54, 1.807) is 12.3 Å². The van der Waals surface area contributed by atoms with Gasteiger partial charge in [0.15, 0.2) is 11.6 Å². The molecule has 0 amide bonds. The Hall–Kier alpha value is -2.76. The van der Waals surface area contributed by atoms with Gasteiger partial charge in [-0.3, -0.25) is 0 Å². The number of hydrogen-bond donors (Lipinski definition) is 1. The van der Waals surface area contributed by atoms with Crippen molar-refractivity contribution in [2.75, 3.05) is 5.73 Å². The van der Waals surface area contributed by atoms with Gasteiger partial charge < -0.3 is 10.5 Å². The average Bonchev–Trinajstić information content (AvgIpc) is 2.44. The molecule has 0 fully saturated rings. The summed E-state index contributed by atoms with van der Waals surface area (Å²) >= 11 is 0. The molecule has 3 rings (SSSR count). The number of nitrogens with two attached hydrogens (primary N) is 1. The molecule has 6 heteroatoms. The highest BCUT2D eigenvalue weighted by Gasteiger charge is 2.11. The summed E-state index contributed by atoms with van der Waals surface area (Å²) in [7, 11) is 0. The molecule has 0 aliphatic carbocycles. The summed E-state index contributed by atoms with van der Waals surface area (Å²) in [4.78, 5) is 8.05. The second kappa shape index (κ2) is 4.73. The molecule has 0 saturated heterocycles. The van der Waals surface area contributed by atoms with Crippen LogP contribution < -0.4 is 10.5 Å². The molecule has 0 aliphatic heterocycles. The van der Waals surface area contributed by atoms with Crippen LogP contribution >= 0.6 is 0 Å². The largest absolute Gasteiger partial charge is 0.421 e. The Morgan fingerprint density at radius 2 is 1.85 bits per heavy atom. The quantitative estimate of drug-likeness (QED) is 0.728. The topological polar surface area (TPSA) is 61.0 Å². The highest BCUT2D eigenvalue weighted by atomic mass is 19.1. The van der Waals surface area contributed by atoms with E-state index in [-0.39, 0.29) is 17.4 Å². The summed E-state index contributed by atoms with van der Waals surface area (Å²) in [5.41, 5.74) is 5.62. The van der Waals surface area contributed by atoms with Crippen LogP contribution in [0.15, 0.2) is 42.6 Å². The predicted octanol–water partition coefficient (Wildman–Crippen LogP) is 3.28. The zero-order valence-corrected chi connectivity index (χ0v) is 10.2. The third-order valence-electron chi connectivity index (χ3n) is 2.72. The van der Waals surface area contributed by atoms with Gasteiger partial charge >= 0.3 is 6.01 Å². The van der Waals surface area contributed by atoms with Gasteiger partial charge in [0.1, 0.15) is 5.82 Å². The van der Waals surface area contributed by atoms with E-state index in [4.69, 9.17) is 10.5 Å². The minimum Gasteiger partial charge on any atom is -0.421 e. The van der Waals surface area contributed by atoms with E-state index in [0.29, 0.717) is 5.52 Å². The second-order valence-corrected chi connectivity index (χ2v) is 4.12. The Bertz CT molecular complexity index is 792. The average molecular weight is 273 g/mol. The maximum atomic E-state index is 13.6. The molecule has 20 heavy (non-hydrogen) atoms. The molecule has 2 N–H and O–H groups in total. The lowest BCUT2D eigenvalue weighted by molar-refractivity contribution is 0.409. The minimum absolute atomic E-state index is 0.0632. The standard InChI is InChI=1S/C14H9F2N3O/c15-9-6-13(10(16)5-11(9)17)20-14-18-7-8-3-1-2-4-12(8)19-14/h1-7H,17H2. The van der Waals surface area contributed by atoms with Gasteiger partial charge in [0.05, 0.1) is 11.2 Å². The molecular weight excluding hydrogens is 264 g/mol. The van der Waals surface area contributed by atoms with Crippen molar-refractivity contribution < 1.29 is 13.5 Å². The van der Waals surface area contributed by atoms with Crippen molar-refractivity contribution in [1.29, 1.82) is 0 Å². The summed E-state index contributed by atoms with van der Waals surface area (Å²) in [5.74, 6) is -1.85. The molecule has 0 spiro atoms. The SMILES string of the molecule is Nc1cc(F)c(Oc2ncc3ccccc3n2)cc1F. The number of para-hydroxylation sites is 1. The maximum Gasteiger partial charge on any atom is 0.322 e. The Labute approximate surface area is 112 Å². The summed E-state index contributed by atoms with van der Waals surface area (Å²) < 4.78 is 32.1. The summed E-state index contributed by atoms with van der Waals surface area (Å²) in [6.45, 7) is 0. The Balaban J connectivity index is 1.99. The van der Waals surface area contributed by atoms with Crippen LogP contribution in [0.5, 0.6) is 11.8 Å². The van der Waals surface area contributed by atoms with Gasteiger partial charge in [-0.2, -0.15) is 4.98 Å². The Morgan fingerprint density at radius 3 is 2.70 bits per heavy atom. The molecule has 4 nitrogen and oxygen atoms in total. The van der Waals surface area contributed by atoms with Crippen molar-refractivity contribution in [2.24, 2.45) is 0 Å². The molecule has 0 radical (unpaired) electrons. The van der Waals surface area contributed by atoms with Crippen LogP contribution in [0.25, 0.3) is 10.9 Å². The second-order valence-electron chi connectivity index (χ2n) is 4.12. The monoisotopic (exact) mass is 273 g/mol. The number of benzene rings is 2. The molecule has 1 aromatic heterocycles. The van der Waals surface area contributed by atoms with Gasteiger partial charge in [0, 0.05) is 23.7 Å². The van der Waals surface area contributed by atoms with Crippen molar-refractivity contribution >= 4 is 16.6 Å². The van der Waals surface area contributed by atoms with Gasteiger partial charge in [-0.1, -0.05) is 18.2 Å². The van der Waals surface area contributed by atoms with Gasteiger partial charge in [0.25, 0.3) is 0 Å². The number of nitrogens with zero attached hydrogens (tertiary/aromatic N) is 2. The number of rotatable bonds is 2. The maximum absolute atomic E-state index is 13.6. The lowest BCUT2D eigenvalue weighted by atomic mass is 10.2. The van der Waals surface area contributed by atoms with E-state index < -0.39 is 11.6 Å². The van der Waals surface area contributed by atoms with Crippen LogP contribution in [-0.4, -0.2) is 9.97 Å². The van der Waals surface area contributed by atoms with E-state index >= 15 is 0 Å². The van der Waals surface area contributed by atoms with Gasteiger partial charge in [0.2, 0.25) is 0 Å². The smallest absolute Gasteiger partial charge is 0.322 e. The highest BCUT2D eigenvalue weighted by Crippen LogP contribution is 2.26. The van der Waals surface area contributed by atoms with Gasteiger partial charge in [-0.15, -0.1) is 0 Å². The van der Waals surface area contributed by atoms with Crippen molar-refractivity contribution in [1.82, 2.24) is 9.97 Å². The van der Waals surface area contributed by atoms with Crippen LogP contribution in [0.2, 0.25) is 0 Å². The van der Waals surface area contributed by atoms with E-state index in [9.17, 15) is 8.78 Å². The van der Waals surface area contributed by atoms with E-state index in [1.807, 2.05) is 18.2 Å². The van der Waals surface area contributed by atoms with Crippen molar-refractivity contribution in [3.05, 3.63) is 54.2 Å². The minimum atomic E-state index is -0.777. The van der Waals surface area contributed by atoms with E-state index in [1.165, 1.54) is 0 Å². The van der Waals surface area contributed by atoms with Crippen molar-refractivity contribution in [2.45, 2.75) is 0 Å². The number of nitrogen functional groups attached to an aromatic ring is 1. The van der Waals surface area contributed by atoms with E-state index in [0.717, 1.165) is 17.5 Å². The molecule has 1 heterocycles. The summed E-state index contributed by atoms with van der Waals surface area (Å²) in [6, 6.07) is 8.91. The molecule has 100 valence electrons. The normalized spacial score (nSPS) is 10.7. The van der Waals surface area contributed by atoms with Crippen LogP contribution in [-0.2, 0) is 0 Å². The Kier molecular flexibility index (Phi) is 2.90. The molecule has 0 bridgehead atoms. The van der Waals surface area contributed by atoms with Gasteiger partial charge in [-0.05, 0) is 6.07 Å². The highest BCUT2D eigenvalue weighted by molar-refractivity contribution is 5.77. The fourth-order valence-corrected chi connectivity index (χ4v) is 1.72. The third-order valence-corrected chi connectivity index (χ3v) is 2.72. The Morgan fingerprint density at radius 1 is 1.05 bits per heavy atom. The van der Waals surface area contributed by atoms with Crippen LogP contribution in [0.4, 0.5) is 14.5 Å². The number of halogens is 2. The van der Waals surface area contributed by atoms with E-state index in [2.05, 4.69) is 9.97 Å². The lowest BCUT2D eigenvalue weighted by Crippen LogP contribution is -1.98. The first-order valence-corrected chi connectivity index (χ1v) is 5.77. The van der Waals surface area contributed by atoms with Gasteiger partial charge in [-0.25, -0.2) is 13.8 Å². The van der Waals surface area contributed by atoms with Crippen LogP contribution in [0.1, 0.15) is 0 Å². The number of ether oxygens (including phenoxy) is 1. The first-order chi connectivity index (χ1) is 9.63. The van der Waals surface area contributed by atoms with Crippen LogP contribution in [0, 0.1) is 11.6 Å². The number of aromatic nitrogens is 2. The lowest BCUT2D eigenvalue weighted by Gasteiger charge is -2.07. The first-order valence-electron chi connectivity index (χ1n) is 5.77. The zero-order valence-electron chi connectivity index (χ0n) is 10.2. The van der Waals surface area contributed by atoms with Crippen molar-refractivity contribution in [3.8, 4) is 11.8 Å².